The first-order valence-corrected chi connectivity index (χ1v) is 13.8. The number of carbonyl (C=O) groups excluding carboxylic acids is 1. The molecule has 0 aliphatic carbocycles. The number of sulfonamides is 1. The van der Waals surface area contributed by atoms with Crippen LogP contribution in [0.2, 0.25) is 0 Å². The summed E-state index contributed by atoms with van der Waals surface area (Å²) in [6, 6.07) is 6.21. The Labute approximate surface area is 195 Å². The van der Waals surface area contributed by atoms with Crippen LogP contribution in [0.1, 0.15) is 67.4 Å². The van der Waals surface area contributed by atoms with E-state index in [0.717, 1.165) is 57.4 Å². The Morgan fingerprint density at radius 2 is 1.78 bits per heavy atom. The third-order valence-corrected chi connectivity index (χ3v) is 8.67. The van der Waals surface area contributed by atoms with Crippen molar-refractivity contribution in [2.24, 2.45) is 0 Å². The molecule has 0 spiro atoms. The Bertz CT molecular complexity index is 995. The lowest BCUT2D eigenvalue weighted by Gasteiger charge is -2.23. The summed E-state index contributed by atoms with van der Waals surface area (Å²) in [6.45, 7) is 10.2. The number of fused-ring (bicyclic) bond motifs is 1. The van der Waals surface area contributed by atoms with Gasteiger partial charge in [0.15, 0.2) is 5.13 Å². The Morgan fingerprint density at radius 1 is 1.12 bits per heavy atom. The fourth-order valence-corrected chi connectivity index (χ4v) is 6.25. The van der Waals surface area contributed by atoms with Gasteiger partial charge in [0.05, 0.1) is 10.6 Å². The maximum absolute atomic E-state index is 13.1. The first kappa shape index (κ1) is 24.8. The number of aromatic nitrogens is 1. The van der Waals surface area contributed by atoms with E-state index in [-0.39, 0.29) is 10.8 Å². The second kappa shape index (κ2) is 11.4. The van der Waals surface area contributed by atoms with Crippen molar-refractivity contribution in [1.82, 2.24) is 14.2 Å². The maximum Gasteiger partial charge on any atom is 0.257 e. The van der Waals surface area contributed by atoms with Gasteiger partial charge in [-0.1, -0.05) is 33.6 Å². The topological polar surface area (TPSA) is 82.6 Å². The van der Waals surface area contributed by atoms with Crippen molar-refractivity contribution in [3.63, 3.8) is 0 Å². The van der Waals surface area contributed by atoms with Crippen LogP contribution in [0.5, 0.6) is 0 Å². The van der Waals surface area contributed by atoms with E-state index in [9.17, 15) is 13.2 Å². The predicted octanol–water partition coefficient (Wildman–Crippen LogP) is 4.36. The van der Waals surface area contributed by atoms with E-state index in [2.05, 4.69) is 36.0 Å². The van der Waals surface area contributed by atoms with Crippen LogP contribution in [0, 0.1) is 0 Å². The summed E-state index contributed by atoms with van der Waals surface area (Å²) < 4.78 is 27.8. The summed E-state index contributed by atoms with van der Waals surface area (Å²) in [5, 5.41) is 3.47. The minimum Gasteiger partial charge on any atom is -0.298 e. The van der Waals surface area contributed by atoms with Crippen LogP contribution in [-0.2, 0) is 23.0 Å². The number of hydrogen-bond acceptors (Lipinski definition) is 6. The number of thiazole rings is 1. The van der Waals surface area contributed by atoms with E-state index in [1.54, 1.807) is 16.4 Å². The second-order valence-corrected chi connectivity index (χ2v) is 11.1. The average molecular weight is 479 g/mol. The smallest absolute Gasteiger partial charge is 0.257 e. The monoisotopic (exact) mass is 478 g/mol. The first-order valence-electron chi connectivity index (χ1n) is 11.5. The van der Waals surface area contributed by atoms with Crippen molar-refractivity contribution in [1.29, 1.82) is 0 Å². The van der Waals surface area contributed by atoms with Gasteiger partial charge in [0, 0.05) is 43.0 Å². The van der Waals surface area contributed by atoms with Crippen molar-refractivity contribution in [2.75, 3.05) is 31.5 Å². The van der Waals surface area contributed by atoms with Gasteiger partial charge in [-0.3, -0.25) is 15.0 Å². The Hall–Kier alpha value is -1.81. The molecule has 0 saturated carbocycles. The van der Waals surface area contributed by atoms with Crippen LogP contribution in [0.3, 0.4) is 0 Å². The van der Waals surface area contributed by atoms with Crippen LogP contribution < -0.4 is 5.32 Å². The molecule has 0 saturated heterocycles. The maximum atomic E-state index is 13.1. The Morgan fingerprint density at radius 3 is 2.38 bits per heavy atom. The van der Waals surface area contributed by atoms with Gasteiger partial charge in [-0.2, -0.15) is 4.31 Å². The highest BCUT2D eigenvalue weighted by molar-refractivity contribution is 7.89. The molecule has 1 N–H and O–H groups in total. The Kier molecular flexibility index (Phi) is 8.81. The number of carbonyl (C=O) groups is 1. The molecule has 2 heterocycles. The van der Waals surface area contributed by atoms with Crippen LogP contribution in [-0.4, -0.2) is 54.7 Å². The first-order chi connectivity index (χ1) is 15.4. The number of likely N-dealkylation sites (N-methyl/N-ethyl adjacent to an activating group) is 1. The van der Waals surface area contributed by atoms with Crippen molar-refractivity contribution in [3.05, 3.63) is 40.4 Å². The second-order valence-electron chi connectivity index (χ2n) is 8.10. The van der Waals surface area contributed by atoms with Gasteiger partial charge in [0.25, 0.3) is 5.91 Å². The van der Waals surface area contributed by atoms with Crippen LogP contribution >= 0.6 is 11.3 Å². The minimum absolute atomic E-state index is 0.227. The summed E-state index contributed by atoms with van der Waals surface area (Å²) >= 11 is 1.52. The molecule has 3 rings (SSSR count). The quantitative estimate of drug-likeness (QED) is 0.519. The van der Waals surface area contributed by atoms with Crippen LogP contribution in [0.15, 0.2) is 29.2 Å². The van der Waals surface area contributed by atoms with Crippen LogP contribution in [0.25, 0.3) is 0 Å². The number of unbranched alkanes of at least 4 members (excludes halogenated alkanes) is 2. The van der Waals surface area contributed by atoms with Gasteiger partial charge >= 0.3 is 0 Å². The van der Waals surface area contributed by atoms with Crippen molar-refractivity contribution in [3.8, 4) is 0 Å². The zero-order valence-corrected chi connectivity index (χ0v) is 20.9. The molecular formula is C23H34N4O3S2. The number of nitrogens with one attached hydrogen (secondary N) is 1. The third-order valence-electron chi connectivity index (χ3n) is 5.75. The summed E-state index contributed by atoms with van der Waals surface area (Å²) in [5.41, 5.74) is 1.48. The molecule has 1 aliphatic heterocycles. The molecule has 7 nitrogen and oxygen atoms in total. The number of hydrogen-bond donors (Lipinski definition) is 1. The molecule has 1 aromatic heterocycles. The summed E-state index contributed by atoms with van der Waals surface area (Å²) in [6.07, 6.45) is 4.44. The van der Waals surface area contributed by atoms with Gasteiger partial charge in [0.1, 0.15) is 0 Å². The van der Waals surface area contributed by atoms with E-state index >= 15 is 0 Å². The number of benzene rings is 1. The standard InChI is InChI=1S/C23H34N4O3S2/c1-4-7-14-27(15-8-5-2)32(29,30)19-11-9-18(10-12-19)22(28)25-23-24-20-13-16-26(6-3)17-21(20)31-23/h9-12H,4-8,13-17H2,1-3H3,(H,24,25,28). The SMILES string of the molecule is CCCCN(CCCC)S(=O)(=O)c1ccc(C(=O)Nc2nc3c(s2)CN(CC)CC3)cc1. The average Bonchev–Trinajstić information content (AvgIpc) is 3.20. The van der Waals surface area contributed by atoms with E-state index in [1.165, 1.54) is 28.3 Å². The van der Waals surface area contributed by atoms with Gasteiger partial charge < -0.3 is 0 Å². The zero-order valence-electron chi connectivity index (χ0n) is 19.3. The highest BCUT2D eigenvalue weighted by Crippen LogP contribution is 2.28. The summed E-state index contributed by atoms with van der Waals surface area (Å²) in [5.74, 6) is -0.277. The predicted molar refractivity (Wildman–Crippen MR) is 130 cm³/mol. The molecule has 1 aromatic carbocycles. The molecule has 1 amide bonds. The van der Waals surface area contributed by atoms with Crippen LogP contribution in [0.4, 0.5) is 5.13 Å². The fourth-order valence-electron chi connectivity index (χ4n) is 3.69. The van der Waals surface area contributed by atoms with Gasteiger partial charge in [-0.05, 0) is 43.7 Å². The largest absolute Gasteiger partial charge is 0.298 e. The number of nitrogens with zero attached hydrogens (tertiary/aromatic N) is 3. The lowest BCUT2D eigenvalue weighted by atomic mass is 10.2. The van der Waals surface area contributed by atoms with E-state index < -0.39 is 10.0 Å². The molecule has 0 radical (unpaired) electrons. The fraction of sp³-hybridized carbons (Fsp3) is 0.565. The van der Waals surface area contributed by atoms with Crippen molar-refractivity contribution < 1.29 is 13.2 Å². The van der Waals surface area contributed by atoms with Gasteiger partial charge in [0.2, 0.25) is 10.0 Å². The Balaban J connectivity index is 1.69. The molecule has 0 fully saturated rings. The van der Waals surface area contributed by atoms with E-state index in [1.807, 2.05) is 0 Å². The summed E-state index contributed by atoms with van der Waals surface area (Å²) in [7, 11) is -3.57. The highest BCUT2D eigenvalue weighted by Gasteiger charge is 2.24. The molecular weight excluding hydrogens is 444 g/mol. The molecule has 0 atom stereocenters. The molecule has 1 aliphatic rings. The molecule has 2 aromatic rings. The lowest BCUT2D eigenvalue weighted by Crippen LogP contribution is -2.33. The number of anilines is 1. The molecule has 9 heteroatoms. The molecule has 0 bridgehead atoms. The lowest BCUT2D eigenvalue weighted by molar-refractivity contribution is 0.102. The van der Waals surface area contributed by atoms with Gasteiger partial charge in [-0.25, -0.2) is 13.4 Å². The third kappa shape index (κ3) is 5.95. The number of rotatable bonds is 11. The normalized spacial score (nSPS) is 14.5. The zero-order chi connectivity index (χ0) is 23.1. The van der Waals surface area contributed by atoms with Crippen molar-refractivity contribution in [2.45, 2.75) is 64.3 Å². The van der Waals surface area contributed by atoms with E-state index in [0.29, 0.717) is 23.8 Å². The highest BCUT2D eigenvalue weighted by atomic mass is 32.2. The number of amides is 1. The molecule has 32 heavy (non-hydrogen) atoms. The van der Waals surface area contributed by atoms with Gasteiger partial charge in [-0.15, -0.1) is 11.3 Å². The molecule has 0 unspecified atom stereocenters. The summed E-state index contributed by atoms with van der Waals surface area (Å²) in [4.78, 5) is 21.1. The van der Waals surface area contributed by atoms with Crippen molar-refractivity contribution >= 4 is 32.4 Å². The minimum atomic E-state index is -3.57. The molecule has 176 valence electrons. The van der Waals surface area contributed by atoms with E-state index in [4.69, 9.17) is 0 Å².